The van der Waals surface area contributed by atoms with Crippen LogP contribution in [0.3, 0.4) is 0 Å². The topological polar surface area (TPSA) is 29.3 Å². The van der Waals surface area contributed by atoms with Gasteiger partial charge in [-0.05, 0) is 50.6 Å². The van der Waals surface area contributed by atoms with Crippen LogP contribution in [0.15, 0.2) is 18.2 Å². The predicted molar refractivity (Wildman–Crippen MR) is 63.7 cm³/mol. The molecule has 2 atom stereocenters. The van der Waals surface area contributed by atoms with Gasteiger partial charge in [0.2, 0.25) is 0 Å². The Hall–Kier alpha value is -0.930. The highest BCUT2D eigenvalue weighted by Crippen LogP contribution is 2.29. The first-order valence-electron chi connectivity index (χ1n) is 5.80. The number of halogens is 1. The minimum Gasteiger partial charge on any atom is -0.328 e. The van der Waals surface area contributed by atoms with Crippen LogP contribution < -0.4 is 5.73 Å². The molecule has 88 valence electrons. The van der Waals surface area contributed by atoms with E-state index in [0.29, 0.717) is 5.56 Å². The molecule has 0 aliphatic carbocycles. The molecule has 1 fully saturated rings. The Kier molecular flexibility index (Phi) is 3.26. The Balaban J connectivity index is 2.24. The summed E-state index contributed by atoms with van der Waals surface area (Å²) in [5.41, 5.74) is 7.72. The second-order valence-corrected chi connectivity index (χ2v) is 4.79. The molecule has 3 heteroatoms. The number of piperidine rings is 1. The van der Waals surface area contributed by atoms with E-state index < -0.39 is 0 Å². The zero-order valence-corrected chi connectivity index (χ0v) is 9.91. The van der Waals surface area contributed by atoms with Crippen molar-refractivity contribution in [3.63, 3.8) is 0 Å². The van der Waals surface area contributed by atoms with Gasteiger partial charge in [0.25, 0.3) is 0 Å². The number of nitrogens with two attached hydrogens (primary N) is 1. The highest BCUT2D eigenvalue weighted by atomic mass is 19.1. The standard InChI is InChI=1S/C13H19FN2/c1-9-3-4-10(7-12(9)14)13-8-11(15)5-6-16(13)2/h3-4,7,11,13H,5-6,8,15H2,1-2H3. The molecule has 0 saturated carbocycles. The molecule has 1 aliphatic heterocycles. The van der Waals surface area contributed by atoms with E-state index in [9.17, 15) is 4.39 Å². The van der Waals surface area contributed by atoms with Crippen LogP contribution in [0.1, 0.15) is 30.0 Å². The predicted octanol–water partition coefficient (Wildman–Crippen LogP) is 2.23. The maximum Gasteiger partial charge on any atom is 0.126 e. The molecule has 2 rings (SSSR count). The lowest BCUT2D eigenvalue weighted by atomic mass is 9.92. The molecule has 16 heavy (non-hydrogen) atoms. The van der Waals surface area contributed by atoms with Crippen LogP contribution in [0.4, 0.5) is 4.39 Å². The normalized spacial score (nSPS) is 27.0. The lowest BCUT2D eigenvalue weighted by Crippen LogP contribution is -2.39. The number of likely N-dealkylation sites (tertiary alicyclic amines) is 1. The minimum atomic E-state index is -0.120. The molecule has 1 saturated heterocycles. The molecule has 1 aromatic carbocycles. The van der Waals surface area contributed by atoms with E-state index in [1.165, 1.54) is 0 Å². The van der Waals surface area contributed by atoms with Crippen LogP contribution in [0.5, 0.6) is 0 Å². The summed E-state index contributed by atoms with van der Waals surface area (Å²) in [7, 11) is 2.08. The smallest absolute Gasteiger partial charge is 0.126 e. The molecule has 1 aromatic rings. The average Bonchev–Trinajstić information content (AvgIpc) is 2.26. The van der Waals surface area contributed by atoms with Crippen molar-refractivity contribution in [1.82, 2.24) is 4.90 Å². The number of rotatable bonds is 1. The van der Waals surface area contributed by atoms with E-state index in [4.69, 9.17) is 5.73 Å². The number of hydrogen-bond donors (Lipinski definition) is 1. The SMILES string of the molecule is Cc1ccc(C2CC(N)CCN2C)cc1F. The van der Waals surface area contributed by atoms with Crippen molar-refractivity contribution in [2.75, 3.05) is 13.6 Å². The summed E-state index contributed by atoms with van der Waals surface area (Å²) < 4.78 is 13.5. The number of hydrogen-bond acceptors (Lipinski definition) is 2. The first kappa shape index (κ1) is 11.6. The molecule has 2 nitrogen and oxygen atoms in total. The zero-order valence-electron chi connectivity index (χ0n) is 9.91. The summed E-state index contributed by atoms with van der Waals surface area (Å²) in [6.07, 6.45) is 1.94. The number of nitrogens with zero attached hydrogens (tertiary/aromatic N) is 1. The van der Waals surface area contributed by atoms with E-state index in [2.05, 4.69) is 11.9 Å². The minimum absolute atomic E-state index is 0.120. The Labute approximate surface area is 96.2 Å². The molecule has 1 aliphatic rings. The van der Waals surface area contributed by atoms with E-state index in [1.807, 2.05) is 12.1 Å². The van der Waals surface area contributed by atoms with E-state index >= 15 is 0 Å². The molecule has 0 radical (unpaired) electrons. The quantitative estimate of drug-likeness (QED) is 0.789. The fraction of sp³-hybridized carbons (Fsp3) is 0.538. The first-order valence-corrected chi connectivity index (χ1v) is 5.80. The Morgan fingerprint density at radius 1 is 1.44 bits per heavy atom. The summed E-state index contributed by atoms with van der Waals surface area (Å²) in [6.45, 7) is 2.77. The van der Waals surface area contributed by atoms with Crippen molar-refractivity contribution < 1.29 is 4.39 Å². The maximum atomic E-state index is 13.5. The monoisotopic (exact) mass is 222 g/mol. The molecule has 2 N–H and O–H groups in total. The Morgan fingerprint density at radius 3 is 2.88 bits per heavy atom. The fourth-order valence-corrected chi connectivity index (χ4v) is 2.32. The van der Waals surface area contributed by atoms with Crippen molar-refractivity contribution in [2.24, 2.45) is 5.73 Å². The van der Waals surface area contributed by atoms with Crippen molar-refractivity contribution in [3.05, 3.63) is 35.1 Å². The van der Waals surface area contributed by atoms with E-state index in [0.717, 1.165) is 24.9 Å². The molecule has 0 amide bonds. The third-order valence-electron chi connectivity index (χ3n) is 3.49. The van der Waals surface area contributed by atoms with Gasteiger partial charge in [0.05, 0.1) is 0 Å². The largest absolute Gasteiger partial charge is 0.328 e. The summed E-state index contributed by atoms with van der Waals surface area (Å²) in [4.78, 5) is 2.26. The van der Waals surface area contributed by atoms with Gasteiger partial charge in [0, 0.05) is 12.1 Å². The van der Waals surface area contributed by atoms with Gasteiger partial charge in [-0.2, -0.15) is 0 Å². The summed E-state index contributed by atoms with van der Waals surface area (Å²) >= 11 is 0. The van der Waals surface area contributed by atoms with Crippen molar-refractivity contribution in [3.8, 4) is 0 Å². The van der Waals surface area contributed by atoms with Gasteiger partial charge in [0.15, 0.2) is 0 Å². The summed E-state index contributed by atoms with van der Waals surface area (Å²) in [5, 5.41) is 0. The molecule has 0 spiro atoms. The van der Waals surface area contributed by atoms with Gasteiger partial charge in [-0.25, -0.2) is 4.39 Å². The van der Waals surface area contributed by atoms with Gasteiger partial charge in [0.1, 0.15) is 5.82 Å². The maximum absolute atomic E-state index is 13.5. The highest BCUT2D eigenvalue weighted by Gasteiger charge is 2.25. The summed E-state index contributed by atoms with van der Waals surface area (Å²) in [6, 6.07) is 6.01. The van der Waals surface area contributed by atoms with Crippen LogP contribution in [0.2, 0.25) is 0 Å². The molecule has 2 unspecified atom stereocenters. The van der Waals surface area contributed by atoms with Crippen molar-refractivity contribution in [2.45, 2.75) is 31.8 Å². The van der Waals surface area contributed by atoms with Crippen molar-refractivity contribution in [1.29, 1.82) is 0 Å². The molecule has 1 heterocycles. The third-order valence-corrected chi connectivity index (χ3v) is 3.49. The molecule has 0 aromatic heterocycles. The number of benzene rings is 1. The van der Waals surface area contributed by atoms with Crippen molar-refractivity contribution >= 4 is 0 Å². The Bertz CT molecular complexity index is 378. The molecular formula is C13H19FN2. The van der Waals surface area contributed by atoms with E-state index in [1.54, 1.807) is 13.0 Å². The summed E-state index contributed by atoms with van der Waals surface area (Å²) in [5.74, 6) is -0.120. The van der Waals surface area contributed by atoms with Crippen LogP contribution >= 0.6 is 0 Å². The fourth-order valence-electron chi connectivity index (χ4n) is 2.32. The van der Waals surface area contributed by atoms with Crippen LogP contribution in [0, 0.1) is 12.7 Å². The van der Waals surface area contributed by atoms with E-state index in [-0.39, 0.29) is 17.9 Å². The zero-order chi connectivity index (χ0) is 11.7. The second-order valence-electron chi connectivity index (χ2n) is 4.79. The van der Waals surface area contributed by atoms with Crippen LogP contribution in [-0.2, 0) is 0 Å². The number of aryl methyl sites for hydroxylation is 1. The Morgan fingerprint density at radius 2 is 2.19 bits per heavy atom. The van der Waals surface area contributed by atoms with Gasteiger partial charge >= 0.3 is 0 Å². The lowest BCUT2D eigenvalue weighted by Gasteiger charge is -2.36. The first-order chi connectivity index (χ1) is 7.58. The molecular weight excluding hydrogens is 203 g/mol. The van der Waals surface area contributed by atoms with Crippen LogP contribution in [-0.4, -0.2) is 24.5 Å². The third kappa shape index (κ3) is 2.25. The lowest BCUT2D eigenvalue weighted by molar-refractivity contribution is 0.171. The molecule has 0 bridgehead atoms. The van der Waals surface area contributed by atoms with Crippen LogP contribution in [0.25, 0.3) is 0 Å². The highest BCUT2D eigenvalue weighted by molar-refractivity contribution is 5.26. The van der Waals surface area contributed by atoms with Gasteiger partial charge < -0.3 is 5.73 Å². The second kappa shape index (κ2) is 4.52. The van der Waals surface area contributed by atoms with Gasteiger partial charge in [-0.15, -0.1) is 0 Å². The average molecular weight is 222 g/mol. The van der Waals surface area contributed by atoms with Gasteiger partial charge in [-0.1, -0.05) is 12.1 Å². The van der Waals surface area contributed by atoms with Gasteiger partial charge in [-0.3, -0.25) is 4.90 Å².